The van der Waals surface area contributed by atoms with Gasteiger partial charge in [-0.05, 0) is 43.5 Å². The van der Waals surface area contributed by atoms with Crippen molar-refractivity contribution in [3.63, 3.8) is 0 Å². The third-order valence-electron chi connectivity index (χ3n) is 3.62. The molecule has 0 aromatic heterocycles. The molecular weight excluding hydrogens is 312 g/mol. The summed E-state index contributed by atoms with van der Waals surface area (Å²) >= 11 is 3.72. The molecule has 1 aromatic rings. The molecule has 1 aliphatic carbocycles. The minimum Gasteiger partial charge on any atom is -0.310 e. The van der Waals surface area contributed by atoms with E-state index in [1.165, 1.54) is 34.0 Å². The number of rotatable bonds is 8. The quantitative estimate of drug-likeness (QED) is 0.719. The SMILES string of the molecule is C=C(C)CN(CC)Cc1ccc(CNC2CC2)cc1Br. The van der Waals surface area contributed by atoms with Crippen LogP contribution in [0.25, 0.3) is 0 Å². The lowest BCUT2D eigenvalue weighted by Crippen LogP contribution is -2.24. The Morgan fingerprint density at radius 3 is 2.75 bits per heavy atom. The van der Waals surface area contributed by atoms with Gasteiger partial charge < -0.3 is 5.32 Å². The Labute approximate surface area is 131 Å². The highest BCUT2D eigenvalue weighted by Crippen LogP contribution is 2.23. The second kappa shape index (κ2) is 7.39. The largest absolute Gasteiger partial charge is 0.310 e. The summed E-state index contributed by atoms with van der Waals surface area (Å²) in [7, 11) is 0. The van der Waals surface area contributed by atoms with Crippen LogP contribution in [0.2, 0.25) is 0 Å². The molecule has 0 aliphatic heterocycles. The zero-order valence-corrected chi connectivity index (χ0v) is 14.2. The summed E-state index contributed by atoms with van der Waals surface area (Å²) in [6.45, 7) is 12.3. The van der Waals surface area contributed by atoms with Crippen molar-refractivity contribution in [1.82, 2.24) is 10.2 Å². The van der Waals surface area contributed by atoms with E-state index in [1.54, 1.807) is 0 Å². The second-order valence-corrected chi connectivity index (χ2v) is 6.70. The molecule has 0 radical (unpaired) electrons. The first-order chi connectivity index (χ1) is 9.58. The van der Waals surface area contributed by atoms with E-state index in [-0.39, 0.29) is 0 Å². The number of benzene rings is 1. The van der Waals surface area contributed by atoms with Crippen LogP contribution in [-0.4, -0.2) is 24.0 Å². The van der Waals surface area contributed by atoms with E-state index in [2.05, 4.69) is 64.8 Å². The summed E-state index contributed by atoms with van der Waals surface area (Å²) in [5, 5.41) is 3.55. The lowest BCUT2D eigenvalue weighted by Gasteiger charge is -2.21. The fraction of sp³-hybridized carbons (Fsp3) is 0.529. The average molecular weight is 337 g/mol. The number of halogens is 1. The van der Waals surface area contributed by atoms with Gasteiger partial charge in [0, 0.05) is 30.1 Å². The van der Waals surface area contributed by atoms with E-state index in [0.29, 0.717) is 0 Å². The highest BCUT2D eigenvalue weighted by Gasteiger charge is 2.20. The van der Waals surface area contributed by atoms with Gasteiger partial charge in [-0.25, -0.2) is 0 Å². The molecule has 1 fully saturated rings. The summed E-state index contributed by atoms with van der Waals surface area (Å²) < 4.78 is 1.22. The molecule has 0 saturated heterocycles. The van der Waals surface area contributed by atoms with Crippen molar-refractivity contribution in [2.24, 2.45) is 0 Å². The summed E-state index contributed by atoms with van der Waals surface area (Å²) in [5.41, 5.74) is 3.92. The van der Waals surface area contributed by atoms with E-state index in [4.69, 9.17) is 0 Å². The van der Waals surface area contributed by atoms with Crippen molar-refractivity contribution in [2.45, 2.75) is 45.8 Å². The molecule has 3 heteroatoms. The molecule has 1 aromatic carbocycles. The van der Waals surface area contributed by atoms with Gasteiger partial charge in [-0.15, -0.1) is 0 Å². The van der Waals surface area contributed by atoms with Crippen molar-refractivity contribution >= 4 is 15.9 Å². The van der Waals surface area contributed by atoms with Crippen molar-refractivity contribution in [1.29, 1.82) is 0 Å². The summed E-state index contributed by atoms with van der Waals surface area (Å²) in [6.07, 6.45) is 2.68. The summed E-state index contributed by atoms with van der Waals surface area (Å²) in [6, 6.07) is 7.50. The minimum absolute atomic E-state index is 0.764. The summed E-state index contributed by atoms with van der Waals surface area (Å²) in [4.78, 5) is 2.41. The van der Waals surface area contributed by atoms with Crippen LogP contribution in [0.3, 0.4) is 0 Å². The maximum atomic E-state index is 4.01. The molecule has 20 heavy (non-hydrogen) atoms. The smallest absolute Gasteiger partial charge is 0.0248 e. The minimum atomic E-state index is 0.764. The van der Waals surface area contributed by atoms with Gasteiger partial charge in [0.2, 0.25) is 0 Å². The third kappa shape index (κ3) is 5.04. The fourth-order valence-electron chi connectivity index (χ4n) is 2.28. The van der Waals surface area contributed by atoms with Gasteiger partial charge in [-0.3, -0.25) is 4.90 Å². The normalized spacial score (nSPS) is 14.8. The average Bonchev–Trinajstić information content (AvgIpc) is 3.21. The van der Waals surface area contributed by atoms with Gasteiger partial charge in [0.15, 0.2) is 0 Å². The molecule has 0 unspecified atom stereocenters. The first kappa shape index (κ1) is 15.7. The summed E-state index contributed by atoms with van der Waals surface area (Å²) in [5.74, 6) is 0. The molecule has 0 amide bonds. The van der Waals surface area contributed by atoms with Crippen molar-refractivity contribution < 1.29 is 0 Å². The van der Waals surface area contributed by atoms with Gasteiger partial charge in [0.1, 0.15) is 0 Å². The predicted molar refractivity (Wildman–Crippen MR) is 89.8 cm³/mol. The van der Waals surface area contributed by atoms with Crippen LogP contribution >= 0.6 is 15.9 Å². The first-order valence-electron chi connectivity index (χ1n) is 7.46. The highest BCUT2D eigenvalue weighted by molar-refractivity contribution is 9.10. The van der Waals surface area contributed by atoms with Crippen molar-refractivity contribution in [3.05, 3.63) is 46.0 Å². The van der Waals surface area contributed by atoms with Gasteiger partial charge in [-0.1, -0.05) is 47.1 Å². The van der Waals surface area contributed by atoms with Gasteiger partial charge in [0.25, 0.3) is 0 Å². The maximum absolute atomic E-state index is 4.01. The Kier molecular flexibility index (Phi) is 5.82. The highest BCUT2D eigenvalue weighted by atomic mass is 79.9. The van der Waals surface area contributed by atoms with Crippen LogP contribution in [0.5, 0.6) is 0 Å². The fourth-order valence-corrected chi connectivity index (χ4v) is 2.83. The van der Waals surface area contributed by atoms with Gasteiger partial charge in [0.05, 0.1) is 0 Å². The Hall–Kier alpha value is -0.640. The lowest BCUT2D eigenvalue weighted by molar-refractivity contribution is 0.304. The number of nitrogens with one attached hydrogen (secondary N) is 1. The molecule has 1 saturated carbocycles. The lowest BCUT2D eigenvalue weighted by atomic mass is 10.1. The molecule has 0 atom stereocenters. The van der Waals surface area contributed by atoms with Crippen LogP contribution in [-0.2, 0) is 13.1 Å². The number of hydrogen-bond acceptors (Lipinski definition) is 2. The van der Waals surface area contributed by atoms with E-state index in [0.717, 1.165) is 32.2 Å². The van der Waals surface area contributed by atoms with E-state index in [9.17, 15) is 0 Å². The van der Waals surface area contributed by atoms with Crippen LogP contribution < -0.4 is 5.32 Å². The number of hydrogen-bond donors (Lipinski definition) is 1. The third-order valence-corrected chi connectivity index (χ3v) is 4.36. The molecule has 2 rings (SSSR count). The van der Waals surface area contributed by atoms with E-state index < -0.39 is 0 Å². The van der Waals surface area contributed by atoms with E-state index in [1.807, 2.05) is 0 Å². The molecule has 2 nitrogen and oxygen atoms in total. The van der Waals surface area contributed by atoms with Crippen LogP contribution in [0.4, 0.5) is 0 Å². The molecule has 0 bridgehead atoms. The van der Waals surface area contributed by atoms with Crippen molar-refractivity contribution in [2.75, 3.05) is 13.1 Å². The molecule has 110 valence electrons. The zero-order chi connectivity index (χ0) is 14.5. The van der Waals surface area contributed by atoms with Crippen LogP contribution in [0, 0.1) is 0 Å². The molecule has 0 heterocycles. The second-order valence-electron chi connectivity index (χ2n) is 5.84. The Balaban J connectivity index is 1.94. The molecule has 1 N–H and O–H groups in total. The molecule has 0 spiro atoms. The monoisotopic (exact) mass is 336 g/mol. The standard InChI is InChI=1S/C17H25BrN2/c1-4-20(11-13(2)3)12-15-6-5-14(9-17(15)18)10-19-16-7-8-16/h5-6,9,16,19H,2,4,7-8,10-12H2,1,3H3. The van der Waals surface area contributed by atoms with E-state index >= 15 is 0 Å². The Morgan fingerprint density at radius 1 is 1.45 bits per heavy atom. The number of nitrogens with zero attached hydrogens (tertiary/aromatic N) is 1. The predicted octanol–water partition coefficient (Wildman–Crippen LogP) is 4.10. The number of likely N-dealkylation sites (N-methyl/N-ethyl adjacent to an activating group) is 1. The van der Waals surface area contributed by atoms with Crippen LogP contribution in [0.15, 0.2) is 34.8 Å². The topological polar surface area (TPSA) is 15.3 Å². The Morgan fingerprint density at radius 2 is 2.20 bits per heavy atom. The Bertz CT molecular complexity index is 466. The maximum Gasteiger partial charge on any atom is 0.0248 e. The van der Waals surface area contributed by atoms with Gasteiger partial charge >= 0.3 is 0 Å². The molecule has 1 aliphatic rings. The molecular formula is C17H25BrN2. The van der Waals surface area contributed by atoms with Crippen molar-refractivity contribution in [3.8, 4) is 0 Å². The van der Waals surface area contributed by atoms with Crippen LogP contribution in [0.1, 0.15) is 37.8 Å². The first-order valence-corrected chi connectivity index (χ1v) is 8.25. The van der Waals surface area contributed by atoms with Gasteiger partial charge in [-0.2, -0.15) is 0 Å². The zero-order valence-electron chi connectivity index (χ0n) is 12.6.